The lowest BCUT2D eigenvalue weighted by atomic mass is 10.2. The fourth-order valence-electron chi connectivity index (χ4n) is 2.01. The number of benzene rings is 1. The lowest BCUT2D eigenvalue weighted by Gasteiger charge is -2.10. The predicted octanol–water partition coefficient (Wildman–Crippen LogP) is 3.03. The standard InChI is InChI=1S/C12H16ClN3/c1-3-5-9(14)12-15-10-7-4-6-8(13)11(10)16(12)2/h4,6-7,9H,3,5,14H2,1-2H3. The fraction of sp³-hybridized carbons (Fsp3) is 0.417. The summed E-state index contributed by atoms with van der Waals surface area (Å²) in [6, 6.07) is 5.73. The number of aryl methyl sites for hydroxylation is 1. The van der Waals surface area contributed by atoms with E-state index >= 15 is 0 Å². The monoisotopic (exact) mass is 237 g/mol. The van der Waals surface area contributed by atoms with Crippen LogP contribution < -0.4 is 5.73 Å². The average molecular weight is 238 g/mol. The Balaban J connectivity index is 2.56. The maximum Gasteiger partial charge on any atom is 0.126 e. The highest BCUT2D eigenvalue weighted by Crippen LogP contribution is 2.26. The van der Waals surface area contributed by atoms with Crippen molar-refractivity contribution >= 4 is 22.6 Å². The molecule has 2 aromatic rings. The molecule has 1 aromatic carbocycles. The molecular weight excluding hydrogens is 222 g/mol. The summed E-state index contributed by atoms with van der Waals surface area (Å²) in [5.74, 6) is 0.907. The van der Waals surface area contributed by atoms with Crippen molar-refractivity contribution in [3.63, 3.8) is 0 Å². The number of nitrogens with zero attached hydrogens (tertiary/aromatic N) is 2. The Bertz CT molecular complexity index is 504. The van der Waals surface area contributed by atoms with Gasteiger partial charge in [-0.15, -0.1) is 0 Å². The van der Waals surface area contributed by atoms with Crippen LogP contribution in [-0.2, 0) is 7.05 Å². The van der Waals surface area contributed by atoms with Crippen molar-refractivity contribution in [3.8, 4) is 0 Å². The van der Waals surface area contributed by atoms with Gasteiger partial charge in [-0.1, -0.05) is 31.0 Å². The van der Waals surface area contributed by atoms with E-state index in [1.165, 1.54) is 0 Å². The van der Waals surface area contributed by atoms with E-state index in [9.17, 15) is 0 Å². The molecule has 4 heteroatoms. The third kappa shape index (κ3) is 1.81. The van der Waals surface area contributed by atoms with E-state index in [0.29, 0.717) is 0 Å². The molecule has 2 rings (SSSR count). The van der Waals surface area contributed by atoms with E-state index in [-0.39, 0.29) is 6.04 Å². The van der Waals surface area contributed by atoms with E-state index in [2.05, 4.69) is 11.9 Å². The number of halogens is 1. The Morgan fingerprint density at radius 1 is 1.50 bits per heavy atom. The first-order chi connectivity index (χ1) is 7.65. The maximum absolute atomic E-state index is 6.16. The Hall–Kier alpha value is -1.06. The number of imidazole rings is 1. The number of rotatable bonds is 3. The number of nitrogens with two attached hydrogens (primary N) is 1. The van der Waals surface area contributed by atoms with Crippen LogP contribution in [0.25, 0.3) is 11.0 Å². The largest absolute Gasteiger partial charge is 0.329 e. The summed E-state index contributed by atoms with van der Waals surface area (Å²) in [7, 11) is 1.96. The highest BCUT2D eigenvalue weighted by atomic mass is 35.5. The topological polar surface area (TPSA) is 43.8 Å². The van der Waals surface area contributed by atoms with Crippen molar-refractivity contribution < 1.29 is 0 Å². The number of hydrogen-bond acceptors (Lipinski definition) is 2. The van der Waals surface area contributed by atoms with Gasteiger partial charge in [-0.05, 0) is 18.6 Å². The molecule has 0 radical (unpaired) electrons. The zero-order chi connectivity index (χ0) is 11.7. The van der Waals surface area contributed by atoms with Crippen molar-refractivity contribution in [2.75, 3.05) is 0 Å². The molecule has 0 fully saturated rings. The first-order valence-corrected chi connectivity index (χ1v) is 5.89. The van der Waals surface area contributed by atoms with E-state index in [0.717, 1.165) is 34.7 Å². The van der Waals surface area contributed by atoms with Gasteiger partial charge in [-0.2, -0.15) is 0 Å². The van der Waals surface area contributed by atoms with Crippen molar-refractivity contribution in [2.45, 2.75) is 25.8 Å². The van der Waals surface area contributed by atoms with E-state index < -0.39 is 0 Å². The van der Waals surface area contributed by atoms with Crippen LogP contribution in [0, 0.1) is 0 Å². The molecule has 1 heterocycles. The molecule has 0 spiro atoms. The third-order valence-corrected chi connectivity index (χ3v) is 3.12. The van der Waals surface area contributed by atoms with Crippen LogP contribution in [-0.4, -0.2) is 9.55 Å². The summed E-state index contributed by atoms with van der Waals surface area (Å²) in [6.45, 7) is 2.12. The van der Waals surface area contributed by atoms with Crippen LogP contribution in [0.3, 0.4) is 0 Å². The second-order valence-corrected chi connectivity index (χ2v) is 4.44. The second kappa shape index (κ2) is 4.44. The van der Waals surface area contributed by atoms with Crippen molar-refractivity contribution in [1.82, 2.24) is 9.55 Å². The zero-order valence-corrected chi connectivity index (χ0v) is 10.3. The zero-order valence-electron chi connectivity index (χ0n) is 9.57. The molecule has 0 amide bonds. The minimum absolute atomic E-state index is 0.0153. The van der Waals surface area contributed by atoms with Crippen LogP contribution in [0.2, 0.25) is 5.02 Å². The van der Waals surface area contributed by atoms with Gasteiger partial charge in [0.2, 0.25) is 0 Å². The Morgan fingerprint density at radius 3 is 2.88 bits per heavy atom. The van der Waals surface area contributed by atoms with Gasteiger partial charge in [0.25, 0.3) is 0 Å². The molecule has 0 aliphatic heterocycles. The summed E-state index contributed by atoms with van der Waals surface area (Å²) in [4.78, 5) is 4.55. The number of aromatic nitrogens is 2. The van der Waals surface area contributed by atoms with Gasteiger partial charge >= 0.3 is 0 Å². The van der Waals surface area contributed by atoms with Crippen molar-refractivity contribution in [1.29, 1.82) is 0 Å². The normalized spacial score (nSPS) is 13.2. The van der Waals surface area contributed by atoms with Crippen LogP contribution in [0.5, 0.6) is 0 Å². The van der Waals surface area contributed by atoms with E-state index in [4.69, 9.17) is 17.3 Å². The highest BCUT2D eigenvalue weighted by molar-refractivity contribution is 6.35. The molecule has 0 bridgehead atoms. The number of hydrogen-bond donors (Lipinski definition) is 1. The molecule has 0 aliphatic rings. The molecular formula is C12H16ClN3. The Labute approximate surface area is 100 Å². The van der Waals surface area contributed by atoms with Crippen molar-refractivity contribution in [3.05, 3.63) is 29.0 Å². The minimum atomic E-state index is -0.0153. The quantitative estimate of drug-likeness (QED) is 0.892. The molecule has 0 saturated carbocycles. The smallest absolute Gasteiger partial charge is 0.126 e. The molecule has 86 valence electrons. The molecule has 1 aromatic heterocycles. The summed E-state index contributed by atoms with van der Waals surface area (Å²) in [6.07, 6.45) is 1.99. The van der Waals surface area contributed by atoms with Crippen molar-refractivity contribution in [2.24, 2.45) is 12.8 Å². The second-order valence-electron chi connectivity index (χ2n) is 4.03. The van der Waals surface area contributed by atoms with Gasteiger partial charge in [0, 0.05) is 7.05 Å². The van der Waals surface area contributed by atoms with Gasteiger partial charge < -0.3 is 10.3 Å². The number of para-hydroxylation sites is 1. The molecule has 1 atom stereocenters. The average Bonchev–Trinajstić information content (AvgIpc) is 2.58. The predicted molar refractivity (Wildman–Crippen MR) is 67.6 cm³/mol. The highest BCUT2D eigenvalue weighted by Gasteiger charge is 2.15. The van der Waals surface area contributed by atoms with Gasteiger partial charge in [0.15, 0.2) is 0 Å². The molecule has 0 saturated heterocycles. The van der Waals surface area contributed by atoms with E-state index in [1.807, 2.05) is 29.8 Å². The Morgan fingerprint density at radius 2 is 2.25 bits per heavy atom. The summed E-state index contributed by atoms with van der Waals surface area (Å²) < 4.78 is 2.00. The van der Waals surface area contributed by atoms with Crippen LogP contribution >= 0.6 is 11.6 Å². The molecule has 2 N–H and O–H groups in total. The van der Waals surface area contributed by atoms with Gasteiger partial charge in [-0.3, -0.25) is 0 Å². The van der Waals surface area contributed by atoms with E-state index in [1.54, 1.807) is 0 Å². The summed E-state index contributed by atoms with van der Waals surface area (Å²) in [5.41, 5.74) is 7.97. The van der Waals surface area contributed by atoms with Crippen LogP contribution in [0.4, 0.5) is 0 Å². The fourth-order valence-corrected chi connectivity index (χ4v) is 2.31. The first kappa shape index (κ1) is 11.4. The van der Waals surface area contributed by atoms with Gasteiger partial charge in [-0.25, -0.2) is 4.98 Å². The van der Waals surface area contributed by atoms with Gasteiger partial charge in [0.05, 0.1) is 22.1 Å². The van der Waals surface area contributed by atoms with Gasteiger partial charge in [0.1, 0.15) is 5.82 Å². The number of fused-ring (bicyclic) bond motifs is 1. The van der Waals surface area contributed by atoms with Crippen LogP contribution in [0.15, 0.2) is 18.2 Å². The molecule has 16 heavy (non-hydrogen) atoms. The lowest BCUT2D eigenvalue weighted by Crippen LogP contribution is -2.14. The molecule has 1 unspecified atom stereocenters. The minimum Gasteiger partial charge on any atom is -0.329 e. The summed E-state index contributed by atoms with van der Waals surface area (Å²) in [5, 5.41) is 0.724. The SMILES string of the molecule is CCCC(N)c1nc2cccc(Cl)c2n1C. The third-order valence-electron chi connectivity index (χ3n) is 2.81. The van der Waals surface area contributed by atoms with Crippen LogP contribution in [0.1, 0.15) is 31.6 Å². The Kier molecular flexibility index (Phi) is 3.17. The molecule has 3 nitrogen and oxygen atoms in total. The summed E-state index contributed by atoms with van der Waals surface area (Å²) >= 11 is 6.16. The molecule has 0 aliphatic carbocycles. The maximum atomic E-state index is 6.16. The first-order valence-electron chi connectivity index (χ1n) is 5.51. The lowest BCUT2D eigenvalue weighted by molar-refractivity contribution is 0.584.